The molecule has 0 spiro atoms. The Kier molecular flexibility index (Phi) is 2.49. The third kappa shape index (κ3) is 1.75. The summed E-state index contributed by atoms with van der Waals surface area (Å²) in [5.41, 5.74) is 0. The molecule has 0 amide bonds. The number of pyridine rings is 1. The molecule has 1 aliphatic carbocycles. The average Bonchev–Trinajstić information content (AvgIpc) is 2.82. The Labute approximate surface area is 95.3 Å². The van der Waals surface area contributed by atoms with Crippen molar-refractivity contribution in [3.63, 3.8) is 0 Å². The fraction of sp³-hybridized carbons (Fsp3) is 0.357. The summed E-state index contributed by atoms with van der Waals surface area (Å²) in [6.45, 7) is 0. The van der Waals surface area contributed by atoms with E-state index in [1.54, 1.807) is 0 Å². The van der Waals surface area contributed by atoms with Crippen molar-refractivity contribution in [2.24, 2.45) is 0 Å². The molecule has 1 fully saturated rings. The number of aromatic nitrogens is 1. The van der Waals surface area contributed by atoms with Crippen LogP contribution in [-0.4, -0.2) is 11.1 Å². The van der Waals surface area contributed by atoms with Crippen molar-refractivity contribution >= 4 is 10.8 Å². The second-order valence-corrected chi connectivity index (χ2v) is 4.38. The fourth-order valence-electron chi connectivity index (χ4n) is 2.38. The van der Waals surface area contributed by atoms with Crippen LogP contribution in [0.25, 0.3) is 10.8 Å². The van der Waals surface area contributed by atoms with Crippen LogP contribution in [-0.2, 0) is 0 Å². The van der Waals surface area contributed by atoms with Gasteiger partial charge in [0.15, 0.2) is 0 Å². The van der Waals surface area contributed by atoms with E-state index in [-0.39, 0.29) is 0 Å². The molecule has 0 N–H and O–H groups in total. The first-order valence-electron chi connectivity index (χ1n) is 5.93. The summed E-state index contributed by atoms with van der Waals surface area (Å²) >= 11 is 0. The fourth-order valence-corrected chi connectivity index (χ4v) is 2.38. The van der Waals surface area contributed by atoms with Crippen LogP contribution in [0.3, 0.4) is 0 Å². The molecule has 1 saturated carbocycles. The zero-order valence-electron chi connectivity index (χ0n) is 9.23. The van der Waals surface area contributed by atoms with E-state index in [2.05, 4.69) is 17.1 Å². The quantitative estimate of drug-likeness (QED) is 0.761. The Morgan fingerprint density at radius 2 is 2.00 bits per heavy atom. The van der Waals surface area contributed by atoms with Crippen LogP contribution < -0.4 is 4.74 Å². The number of ether oxygens (including phenoxy) is 1. The molecule has 2 heteroatoms. The third-order valence-corrected chi connectivity index (χ3v) is 3.24. The van der Waals surface area contributed by atoms with Gasteiger partial charge in [0.25, 0.3) is 0 Å². The molecule has 0 radical (unpaired) electrons. The van der Waals surface area contributed by atoms with Gasteiger partial charge in [-0.1, -0.05) is 12.1 Å². The van der Waals surface area contributed by atoms with Crippen LogP contribution >= 0.6 is 0 Å². The van der Waals surface area contributed by atoms with Crippen LogP contribution in [0.2, 0.25) is 0 Å². The molecule has 3 rings (SSSR count). The second-order valence-electron chi connectivity index (χ2n) is 4.38. The highest BCUT2D eigenvalue weighted by molar-refractivity contribution is 5.87. The van der Waals surface area contributed by atoms with Gasteiger partial charge in [-0.15, -0.1) is 0 Å². The Morgan fingerprint density at radius 1 is 1.12 bits per heavy atom. The minimum absolute atomic E-state index is 0.416. The van der Waals surface area contributed by atoms with E-state index in [4.69, 9.17) is 4.74 Å². The summed E-state index contributed by atoms with van der Waals surface area (Å²) in [5.74, 6) is 1.01. The summed E-state index contributed by atoms with van der Waals surface area (Å²) in [6, 6.07) is 8.19. The van der Waals surface area contributed by atoms with Gasteiger partial charge in [0.1, 0.15) is 5.75 Å². The van der Waals surface area contributed by atoms with Crippen molar-refractivity contribution in [1.82, 2.24) is 4.98 Å². The van der Waals surface area contributed by atoms with E-state index >= 15 is 0 Å². The molecule has 2 nitrogen and oxygen atoms in total. The first kappa shape index (κ1) is 9.64. The van der Waals surface area contributed by atoms with Crippen LogP contribution in [0.15, 0.2) is 36.7 Å². The Morgan fingerprint density at radius 3 is 2.88 bits per heavy atom. The van der Waals surface area contributed by atoms with Gasteiger partial charge in [-0.05, 0) is 37.8 Å². The van der Waals surface area contributed by atoms with Crippen LogP contribution in [0.4, 0.5) is 0 Å². The number of benzene rings is 1. The lowest BCUT2D eigenvalue weighted by molar-refractivity contribution is 0.213. The highest BCUT2D eigenvalue weighted by atomic mass is 16.5. The van der Waals surface area contributed by atoms with Crippen LogP contribution in [0.5, 0.6) is 5.75 Å². The van der Waals surface area contributed by atoms with Gasteiger partial charge in [0.2, 0.25) is 0 Å². The zero-order chi connectivity index (χ0) is 10.8. The van der Waals surface area contributed by atoms with Crippen molar-refractivity contribution in [2.75, 3.05) is 0 Å². The van der Waals surface area contributed by atoms with Crippen molar-refractivity contribution in [2.45, 2.75) is 31.8 Å². The van der Waals surface area contributed by atoms with E-state index in [1.165, 1.54) is 31.1 Å². The molecule has 0 unspecified atom stereocenters. The molecule has 0 aliphatic heterocycles. The minimum atomic E-state index is 0.416. The Balaban J connectivity index is 1.96. The van der Waals surface area contributed by atoms with Gasteiger partial charge in [-0.3, -0.25) is 4.98 Å². The lowest BCUT2D eigenvalue weighted by Crippen LogP contribution is -2.10. The van der Waals surface area contributed by atoms with E-state index in [1.807, 2.05) is 24.5 Å². The normalized spacial score (nSPS) is 16.8. The first-order valence-corrected chi connectivity index (χ1v) is 5.93. The lowest BCUT2D eigenvalue weighted by atomic mass is 10.1. The van der Waals surface area contributed by atoms with Gasteiger partial charge < -0.3 is 4.74 Å². The zero-order valence-corrected chi connectivity index (χ0v) is 9.23. The molecule has 0 saturated heterocycles. The predicted octanol–water partition coefficient (Wildman–Crippen LogP) is 3.56. The van der Waals surface area contributed by atoms with Crippen LogP contribution in [0.1, 0.15) is 25.7 Å². The number of hydrogen-bond donors (Lipinski definition) is 0. The summed E-state index contributed by atoms with van der Waals surface area (Å²) < 4.78 is 6.06. The second kappa shape index (κ2) is 4.12. The summed E-state index contributed by atoms with van der Waals surface area (Å²) in [4.78, 5) is 4.13. The van der Waals surface area contributed by atoms with Crippen molar-refractivity contribution < 1.29 is 4.74 Å². The van der Waals surface area contributed by atoms with Crippen molar-refractivity contribution in [1.29, 1.82) is 0 Å². The number of nitrogens with zero attached hydrogens (tertiary/aromatic N) is 1. The molecular formula is C14H15NO. The topological polar surface area (TPSA) is 22.1 Å². The number of rotatable bonds is 2. The largest absolute Gasteiger partial charge is 0.490 e. The molecule has 1 heterocycles. The van der Waals surface area contributed by atoms with Gasteiger partial charge >= 0.3 is 0 Å². The predicted molar refractivity (Wildman–Crippen MR) is 64.6 cm³/mol. The van der Waals surface area contributed by atoms with Gasteiger partial charge in [0.05, 0.1) is 6.10 Å². The third-order valence-electron chi connectivity index (χ3n) is 3.24. The summed E-state index contributed by atoms with van der Waals surface area (Å²) in [5, 5.41) is 2.32. The Hall–Kier alpha value is -1.57. The Bertz CT molecular complexity index is 484. The van der Waals surface area contributed by atoms with Crippen molar-refractivity contribution in [3.8, 4) is 5.75 Å². The lowest BCUT2D eigenvalue weighted by Gasteiger charge is -2.14. The molecule has 0 bridgehead atoms. The monoisotopic (exact) mass is 213 g/mol. The highest BCUT2D eigenvalue weighted by Gasteiger charge is 2.17. The van der Waals surface area contributed by atoms with Crippen molar-refractivity contribution in [3.05, 3.63) is 36.7 Å². The number of fused-ring (bicyclic) bond motifs is 1. The summed E-state index contributed by atoms with van der Waals surface area (Å²) in [6.07, 6.45) is 9.12. The standard InChI is InChI=1S/C14H15NO/c1-2-6-12(5-1)16-14-7-3-4-11-10-15-9-8-13(11)14/h3-4,7-10,12H,1-2,5-6H2. The van der Waals surface area contributed by atoms with Gasteiger partial charge in [-0.2, -0.15) is 0 Å². The summed E-state index contributed by atoms with van der Waals surface area (Å²) in [7, 11) is 0. The molecule has 1 aliphatic rings. The van der Waals surface area contributed by atoms with E-state index in [0.717, 1.165) is 11.1 Å². The average molecular weight is 213 g/mol. The smallest absolute Gasteiger partial charge is 0.127 e. The maximum atomic E-state index is 6.06. The number of hydrogen-bond acceptors (Lipinski definition) is 2. The molecule has 82 valence electrons. The SMILES string of the molecule is c1cc(OC2CCCC2)c2ccncc2c1. The van der Waals surface area contributed by atoms with E-state index in [9.17, 15) is 0 Å². The van der Waals surface area contributed by atoms with Gasteiger partial charge in [0, 0.05) is 23.2 Å². The first-order chi connectivity index (χ1) is 7.93. The minimum Gasteiger partial charge on any atom is -0.490 e. The maximum Gasteiger partial charge on any atom is 0.127 e. The molecule has 1 aromatic heterocycles. The van der Waals surface area contributed by atoms with Gasteiger partial charge in [-0.25, -0.2) is 0 Å². The molecular weight excluding hydrogens is 198 g/mol. The highest BCUT2D eigenvalue weighted by Crippen LogP contribution is 2.29. The van der Waals surface area contributed by atoms with Crippen LogP contribution in [0, 0.1) is 0 Å². The molecule has 16 heavy (non-hydrogen) atoms. The molecule has 0 atom stereocenters. The molecule has 1 aromatic carbocycles. The van der Waals surface area contributed by atoms with E-state index in [0.29, 0.717) is 6.10 Å². The molecule has 2 aromatic rings. The maximum absolute atomic E-state index is 6.06. The van der Waals surface area contributed by atoms with E-state index < -0.39 is 0 Å².